The molecule has 0 unspecified atom stereocenters. The lowest BCUT2D eigenvalue weighted by atomic mass is 9.90. The van der Waals surface area contributed by atoms with Crippen molar-refractivity contribution >= 4 is 34.3 Å². The van der Waals surface area contributed by atoms with Crippen molar-refractivity contribution in [2.24, 2.45) is 5.92 Å². The van der Waals surface area contributed by atoms with Crippen LogP contribution in [0.15, 0.2) is 46.9 Å². The second-order valence-corrected chi connectivity index (χ2v) is 8.92. The molecular weight excluding hydrogens is 484 g/mol. The third kappa shape index (κ3) is 7.70. The molecule has 7 heteroatoms. The van der Waals surface area contributed by atoms with Crippen molar-refractivity contribution in [1.29, 1.82) is 0 Å². The van der Waals surface area contributed by atoms with E-state index in [1.54, 1.807) is 30.0 Å². The van der Waals surface area contributed by atoms with Crippen LogP contribution in [0.2, 0.25) is 0 Å². The molecule has 1 heterocycles. The Morgan fingerprint density at radius 2 is 1.73 bits per heavy atom. The molecule has 1 fully saturated rings. The van der Waals surface area contributed by atoms with E-state index in [2.05, 4.69) is 47.1 Å². The van der Waals surface area contributed by atoms with Gasteiger partial charge in [-0.25, -0.2) is 4.79 Å². The van der Waals surface area contributed by atoms with Crippen LogP contribution in [-0.4, -0.2) is 41.5 Å². The van der Waals surface area contributed by atoms with Crippen molar-refractivity contribution in [1.82, 2.24) is 9.96 Å². The number of likely N-dealkylation sites (tertiary alicyclic amines) is 1. The van der Waals surface area contributed by atoms with E-state index in [4.69, 9.17) is 4.84 Å². The van der Waals surface area contributed by atoms with Crippen LogP contribution in [0.25, 0.3) is 0 Å². The van der Waals surface area contributed by atoms with Crippen LogP contribution in [0.1, 0.15) is 60.2 Å². The first-order valence-corrected chi connectivity index (χ1v) is 12.2. The van der Waals surface area contributed by atoms with Gasteiger partial charge >= 0.3 is 6.09 Å². The Morgan fingerprint density at radius 1 is 1.09 bits per heavy atom. The maximum atomic E-state index is 12.6. The summed E-state index contributed by atoms with van der Waals surface area (Å²) in [5, 5.41) is 0.474. The number of halogens is 1. The van der Waals surface area contributed by atoms with Gasteiger partial charge in [0.15, 0.2) is 0 Å². The van der Waals surface area contributed by atoms with Crippen molar-refractivity contribution in [3.63, 3.8) is 0 Å². The molecule has 3 amide bonds. The number of aryl methyl sites for hydroxylation is 3. The van der Waals surface area contributed by atoms with Crippen LogP contribution in [0.4, 0.5) is 4.79 Å². The van der Waals surface area contributed by atoms with Crippen molar-refractivity contribution in [3.8, 4) is 0 Å². The lowest BCUT2D eigenvalue weighted by Gasteiger charge is -2.31. The van der Waals surface area contributed by atoms with Gasteiger partial charge in [0.1, 0.15) is 0 Å². The lowest BCUT2D eigenvalue weighted by Crippen LogP contribution is -2.43. The molecule has 0 radical (unpaired) electrons. The van der Waals surface area contributed by atoms with E-state index in [0.29, 0.717) is 35.2 Å². The molecule has 2 aromatic carbocycles. The van der Waals surface area contributed by atoms with Gasteiger partial charge < -0.3 is 9.74 Å². The Morgan fingerprint density at radius 3 is 2.30 bits per heavy atom. The zero-order valence-electron chi connectivity index (χ0n) is 19.8. The monoisotopic (exact) mass is 516 g/mol. The first-order valence-electron chi connectivity index (χ1n) is 11.4. The van der Waals surface area contributed by atoms with Crippen LogP contribution in [0, 0.1) is 19.8 Å². The van der Waals surface area contributed by atoms with E-state index in [1.165, 1.54) is 11.1 Å². The standard InChI is InChI=1S/C24H27BrN2O4.C2H6/c1-17-3-5-19(6-4-17)7-8-20-11-13-26(14-12-20)24(30)31-27(16-28)23(29)22-10-9-21(25)15-18(22)2;1-2/h3-6,9-10,15-16,20H,7-8,11-14H2,1-2H3;1-2H3. The van der Waals surface area contributed by atoms with Gasteiger partial charge in [-0.3, -0.25) is 9.59 Å². The largest absolute Gasteiger partial charge is 0.434 e. The average Bonchev–Trinajstić information content (AvgIpc) is 2.83. The third-order valence-corrected chi connectivity index (χ3v) is 6.22. The highest BCUT2D eigenvalue weighted by Crippen LogP contribution is 2.23. The number of rotatable bonds is 5. The summed E-state index contributed by atoms with van der Waals surface area (Å²) in [7, 11) is 0. The Hall–Kier alpha value is -2.67. The van der Waals surface area contributed by atoms with Gasteiger partial charge in [0.25, 0.3) is 12.3 Å². The fourth-order valence-corrected chi connectivity index (χ4v) is 4.24. The molecule has 0 spiro atoms. The number of imide groups is 1. The number of carbonyl (C=O) groups is 3. The third-order valence-electron chi connectivity index (χ3n) is 5.73. The topological polar surface area (TPSA) is 66.9 Å². The molecule has 2 aromatic rings. The van der Waals surface area contributed by atoms with Crippen molar-refractivity contribution in [2.75, 3.05) is 13.1 Å². The highest BCUT2D eigenvalue weighted by Gasteiger charge is 2.28. The zero-order chi connectivity index (χ0) is 24.4. The highest BCUT2D eigenvalue weighted by molar-refractivity contribution is 9.10. The summed E-state index contributed by atoms with van der Waals surface area (Å²) in [6.45, 7) is 8.94. The fourth-order valence-electron chi connectivity index (χ4n) is 3.77. The molecule has 0 aromatic heterocycles. The van der Waals surface area contributed by atoms with Gasteiger partial charge in [-0.2, -0.15) is 0 Å². The summed E-state index contributed by atoms with van der Waals surface area (Å²) < 4.78 is 0.821. The molecule has 1 aliphatic heterocycles. The van der Waals surface area contributed by atoms with Crippen LogP contribution in [0.3, 0.4) is 0 Å². The molecular formula is C26H33BrN2O4. The molecule has 1 aliphatic rings. The lowest BCUT2D eigenvalue weighted by molar-refractivity contribution is -0.142. The normalized spacial score (nSPS) is 13.5. The summed E-state index contributed by atoms with van der Waals surface area (Å²) in [6.07, 6.45) is 3.41. The minimum atomic E-state index is -0.674. The number of piperidine rings is 1. The Bertz CT molecular complexity index is 938. The van der Waals surface area contributed by atoms with Gasteiger partial charge in [0.2, 0.25) is 0 Å². The van der Waals surface area contributed by atoms with E-state index in [9.17, 15) is 14.4 Å². The Kier molecular flexibility index (Phi) is 10.6. The summed E-state index contributed by atoms with van der Waals surface area (Å²) in [5.74, 6) is -0.124. The molecule has 33 heavy (non-hydrogen) atoms. The van der Waals surface area contributed by atoms with Gasteiger partial charge in [-0.1, -0.05) is 64.7 Å². The van der Waals surface area contributed by atoms with Gasteiger partial charge in [-0.15, -0.1) is 0 Å². The molecule has 1 saturated heterocycles. The number of hydroxylamine groups is 2. The number of amides is 3. The van der Waals surface area contributed by atoms with Crippen molar-refractivity contribution in [3.05, 3.63) is 69.2 Å². The highest BCUT2D eigenvalue weighted by atomic mass is 79.9. The predicted molar refractivity (Wildman–Crippen MR) is 133 cm³/mol. The van der Waals surface area contributed by atoms with E-state index >= 15 is 0 Å². The SMILES string of the molecule is CC.Cc1ccc(CCC2CCN(C(=O)ON(C=O)C(=O)c3ccc(Br)cc3C)CC2)cc1. The molecule has 0 saturated carbocycles. The summed E-state index contributed by atoms with van der Waals surface area (Å²) >= 11 is 3.34. The van der Waals surface area contributed by atoms with E-state index in [1.807, 2.05) is 13.8 Å². The molecule has 0 aliphatic carbocycles. The van der Waals surface area contributed by atoms with Gasteiger partial charge in [-0.05, 0) is 74.8 Å². The van der Waals surface area contributed by atoms with E-state index in [0.717, 1.165) is 30.2 Å². The Balaban J connectivity index is 0.00000187. The summed E-state index contributed by atoms with van der Waals surface area (Å²) in [6, 6.07) is 13.6. The Labute approximate surface area is 205 Å². The predicted octanol–water partition coefficient (Wildman–Crippen LogP) is 6.09. The number of hydrogen-bond donors (Lipinski definition) is 0. The first kappa shape index (κ1) is 26.6. The second-order valence-electron chi connectivity index (χ2n) is 8.01. The van der Waals surface area contributed by atoms with E-state index < -0.39 is 12.0 Å². The molecule has 0 atom stereocenters. The molecule has 3 rings (SSSR count). The average molecular weight is 517 g/mol. The summed E-state index contributed by atoms with van der Waals surface area (Å²) in [5.41, 5.74) is 3.57. The first-order chi connectivity index (χ1) is 15.9. The number of nitrogens with zero attached hydrogens (tertiary/aromatic N) is 2. The van der Waals surface area contributed by atoms with Crippen LogP contribution < -0.4 is 0 Å². The van der Waals surface area contributed by atoms with Crippen LogP contribution in [0.5, 0.6) is 0 Å². The fraction of sp³-hybridized carbons (Fsp3) is 0.423. The second kappa shape index (κ2) is 13.1. The number of hydrogen-bond acceptors (Lipinski definition) is 4. The maximum absolute atomic E-state index is 12.6. The minimum absolute atomic E-state index is 0.232. The van der Waals surface area contributed by atoms with Crippen molar-refractivity contribution < 1.29 is 19.2 Å². The maximum Gasteiger partial charge on any atom is 0.434 e. The zero-order valence-corrected chi connectivity index (χ0v) is 21.4. The van der Waals surface area contributed by atoms with Crippen LogP contribution in [-0.2, 0) is 16.1 Å². The van der Waals surface area contributed by atoms with E-state index in [-0.39, 0.29) is 6.41 Å². The molecule has 0 N–H and O–H groups in total. The summed E-state index contributed by atoms with van der Waals surface area (Å²) in [4.78, 5) is 43.2. The molecule has 6 nitrogen and oxygen atoms in total. The molecule has 178 valence electrons. The van der Waals surface area contributed by atoms with Gasteiger partial charge in [0, 0.05) is 23.1 Å². The smallest absolute Gasteiger partial charge is 0.311 e. The number of carbonyl (C=O) groups excluding carboxylic acids is 3. The van der Waals surface area contributed by atoms with Crippen LogP contribution >= 0.6 is 15.9 Å². The minimum Gasteiger partial charge on any atom is -0.311 e. The quantitative estimate of drug-likeness (QED) is 0.356. The van der Waals surface area contributed by atoms with Crippen molar-refractivity contribution in [2.45, 2.75) is 53.4 Å². The molecule has 0 bridgehead atoms. The van der Waals surface area contributed by atoms with Gasteiger partial charge in [0.05, 0.1) is 0 Å². The number of benzene rings is 2.